The molecule has 2 amide bonds. The molecule has 1 saturated heterocycles. The van der Waals surface area contributed by atoms with Crippen molar-refractivity contribution < 1.29 is 22.8 Å². The zero-order chi connectivity index (χ0) is 21.3. The summed E-state index contributed by atoms with van der Waals surface area (Å²) in [6.45, 7) is 0.0137. The van der Waals surface area contributed by atoms with Crippen LogP contribution in [-0.4, -0.2) is 28.6 Å². The lowest BCUT2D eigenvalue weighted by Crippen LogP contribution is -2.28. The largest absolute Gasteiger partial charge is 0.416 e. The van der Waals surface area contributed by atoms with Crippen molar-refractivity contribution >= 4 is 23.2 Å². The molecule has 1 atom stereocenters. The maximum absolute atomic E-state index is 13.0. The van der Waals surface area contributed by atoms with Crippen molar-refractivity contribution in [1.82, 2.24) is 10.2 Å². The molecule has 0 aliphatic carbocycles. The molecular weight excluding hydrogens is 397 g/mol. The maximum atomic E-state index is 13.0. The van der Waals surface area contributed by atoms with Crippen molar-refractivity contribution in [3.63, 3.8) is 0 Å². The molecule has 2 N–H and O–H groups in total. The fraction of sp³-hybridized carbons (Fsp3) is 0.190. The van der Waals surface area contributed by atoms with Crippen molar-refractivity contribution in [1.29, 1.82) is 0 Å². The number of carbonyl (C=O) groups excluding carboxylic acids is 2. The summed E-state index contributed by atoms with van der Waals surface area (Å²) in [5, 5.41) is 9.45. The first-order valence-corrected chi connectivity index (χ1v) is 9.19. The highest BCUT2D eigenvalue weighted by atomic mass is 19.4. The zero-order valence-corrected chi connectivity index (χ0v) is 15.6. The Bertz CT molecular complexity index is 1080. The number of nitrogens with one attached hydrogen (secondary N) is 2. The number of aromatic nitrogens is 2. The summed E-state index contributed by atoms with van der Waals surface area (Å²) in [4.78, 5) is 26.4. The van der Waals surface area contributed by atoms with E-state index in [1.807, 2.05) is 12.1 Å². The average molecular weight is 414 g/mol. The molecule has 154 valence electrons. The van der Waals surface area contributed by atoms with Crippen molar-refractivity contribution in [2.45, 2.75) is 12.6 Å². The first-order valence-electron chi connectivity index (χ1n) is 9.19. The number of amides is 2. The third-order valence-corrected chi connectivity index (χ3v) is 4.98. The van der Waals surface area contributed by atoms with Gasteiger partial charge in [0.25, 0.3) is 0 Å². The van der Waals surface area contributed by atoms with E-state index in [1.54, 1.807) is 24.5 Å². The van der Waals surface area contributed by atoms with Crippen LogP contribution in [0.25, 0.3) is 11.1 Å². The second-order valence-electron chi connectivity index (χ2n) is 6.98. The van der Waals surface area contributed by atoms with Gasteiger partial charge in [0.15, 0.2) is 0 Å². The van der Waals surface area contributed by atoms with Gasteiger partial charge in [-0.3, -0.25) is 14.7 Å². The van der Waals surface area contributed by atoms with Gasteiger partial charge < -0.3 is 10.2 Å². The van der Waals surface area contributed by atoms with Crippen LogP contribution in [-0.2, 0) is 15.8 Å². The summed E-state index contributed by atoms with van der Waals surface area (Å²) in [6, 6.07) is 11.7. The molecule has 0 spiro atoms. The highest BCUT2D eigenvalue weighted by Gasteiger charge is 2.37. The van der Waals surface area contributed by atoms with Gasteiger partial charge in [0, 0.05) is 41.7 Å². The van der Waals surface area contributed by atoms with E-state index in [9.17, 15) is 22.8 Å². The van der Waals surface area contributed by atoms with Gasteiger partial charge in [-0.15, -0.1) is 0 Å². The molecule has 0 bridgehead atoms. The number of nitrogens with zero attached hydrogens (tertiary/aromatic N) is 2. The monoisotopic (exact) mass is 414 g/mol. The number of aromatic amines is 1. The topological polar surface area (TPSA) is 78.1 Å². The van der Waals surface area contributed by atoms with Crippen LogP contribution in [0.15, 0.2) is 60.9 Å². The Labute approximate surface area is 169 Å². The summed E-state index contributed by atoms with van der Waals surface area (Å²) in [5.41, 5.74) is 1.41. The number of para-hydroxylation sites is 1. The molecule has 2 heterocycles. The van der Waals surface area contributed by atoms with E-state index in [0.717, 1.165) is 23.3 Å². The lowest BCUT2D eigenvalue weighted by Gasteiger charge is -2.18. The molecule has 30 heavy (non-hydrogen) atoms. The van der Waals surface area contributed by atoms with Crippen LogP contribution in [0.4, 0.5) is 24.5 Å². The van der Waals surface area contributed by atoms with Crippen LogP contribution in [0, 0.1) is 5.92 Å². The quantitative estimate of drug-likeness (QED) is 0.675. The second-order valence-corrected chi connectivity index (χ2v) is 6.98. The van der Waals surface area contributed by atoms with E-state index in [0.29, 0.717) is 5.69 Å². The van der Waals surface area contributed by atoms with Crippen LogP contribution in [0.2, 0.25) is 0 Å². The van der Waals surface area contributed by atoms with Crippen LogP contribution in [0.1, 0.15) is 12.0 Å². The van der Waals surface area contributed by atoms with Crippen LogP contribution in [0.5, 0.6) is 0 Å². The van der Waals surface area contributed by atoms with Crippen molar-refractivity contribution in [3.8, 4) is 11.1 Å². The molecule has 6 nitrogen and oxygen atoms in total. The molecule has 3 aromatic rings. The minimum absolute atomic E-state index is 0.0137. The fourth-order valence-electron chi connectivity index (χ4n) is 3.46. The third kappa shape index (κ3) is 3.91. The summed E-state index contributed by atoms with van der Waals surface area (Å²) in [7, 11) is 0. The van der Waals surface area contributed by atoms with Gasteiger partial charge in [-0.2, -0.15) is 18.3 Å². The van der Waals surface area contributed by atoms with Crippen molar-refractivity contribution in [2.75, 3.05) is 16.8 Å². The van der Waals surface area contributed by atoms with E-state index in [2.05, 4.69) is 15.5 Å². The van der Waals surface area contributed by atoms with Gasteiger partial charge in [0.2, 0.25) is 11.8 Å². The minimum Gasteiger partial charge on any atom is -0.325 e. The first-order chi connectivity index (χ1) is 14.3. The van der Waals surface area contributed by atoms with Crippen LogP contribution in [0.3, 0.4) is 0 Å². The standard InChI is InChI=1S/C21H17F3N4O2/c22-21(23,24)15-4-3-5-16(9-15)28-12-13(8-19(28)29)20(30)27-18-7-2-1-6-17(18)14-10-25-26-11-14/h1-7,9-11,13H,8,12H2,(H,25,26)(H,27,30). The highest BCUT2D eigenvalue weighted by Crippen LogP contribution is 2.34. The summed E-state index contributed by atoms with van der Waals surface area (Å²) >= 11 is 0. The Hall–Kier alpha value is -3.62. The van der Waals surface area contributed by atoms with E-state index in [-0.39, 0.29) is 24.6 Å². The highest BCUT2D eigenvalue weighted by molar-refractivity contribution is 6.04. The molecule has 1 aliphatic rings. The molecule has 1 fully saturated rings. The van der Waals surface area contributed by atoms with Gasteiger partial charge in [-0.1, -0.05) is 24.3 Å². The number of benzene rings is 2. The number of halogens is 3. The Morgan fingerprint density at radius 1 is 1.17 bits per heavy atom. The molecule has 1 aliphatic heterocycles. The predicted molar refractivity (Wildman–Crippen MR) is 105 cm³/mol. The Morgan fingerprint density at radius 3 is 2.70 bits per heavy atom. The summed E-state index contributed by atoms with van der Waals surface area (Å²) < 4.78 is 38.9. The average Bonchev–Trinajstić information content (AvgIpc) is 3.38. The number of hydrogen-bond acceptors (Lipinski definition) is 3. The smallest absolute Gasteiger partial charge is 0.325 e. The first kappa shape index (κ1) is 19.7. The van der Waals surface area contributed by atoms with Crippen molar-refractivity contribution in [3.05, 3.63) is 66.5 Å². The molecule has 0 saturated carbocycles. The molecule has 9 heteroatoms. The van der Waals surface area contributed by atoms with Crippen LogP contribution >= 0.6 is 0 Å². The molecule has 0 radical (unpaired) electrons. The van der Waals surface area contributed by atoms with E-state index in [1.165, 1.54) is 17.0 Å². The molecule has 4 rings (SSSR count). The van der Waals surface area contributed by atoms with Crippen molar-refractivity contribution in [2.24, 2.45) is 5.92 Å². The number of carbonyl (C=O) groups is 2. The molecular formula is C21H17F3N4O2. The predicted octanol–water partition coefficient (Wildman–Crippen LogP) is 4.09. The number of anilines is 2. The van der Waals surface area contributed by atoms with Gasteiger partial charge in [-0.25, -0.2) is 0 Å². The minimum atomic E-state index is -4.51. The molecule has 1 unspecified atom stereocenters. The Morgan fingerprint density at radius 2 is 1.97 bits per heavy atom. The lowest BCUT2D eigenvalue weighted by molar-refractivity contribution is -0.137. The van der Waals surface area contributed by atoms with Gasteiger partial charge >= 0.3 is 6.18 Å². The maximum Gasteiger partial charge on any atom is 0.416 e. The second kappa shape index (κ2) is 7.66. The Balaban J connectivity index is 1.51. The lowest BCUT2D eigenvalue weighted by atomic mass is 10.0. The normalized spacial score (nSPS) is 16.7. The number of hydrogen-bond donors (Lipinski definition) is 2. The SMILES string of the molecule is O=C(Nc1ccccc1-c1cn[nH]c1)C1CC(=O)N(c2cccc(C(F)(F)F)c2)C1. The van der Waals surface area contributed by atoms with Gasteiger partial charge in [-0.05, 0) is 24.3 Å². The molecule has 2 aromatic carbocycles. The van der Waals surface area contributed by atoms with Gasteiger partial charge in [0.05, 0.1) is 17.7 Å². The van der Waals surface area contributed by atoms with E-state index in [4.69, 9.17) is 0 Å². The van der Waals surface area contributed by atoms with Gasteiger partial charge in [0.1, 0.15) is 0 Å². The van der Waals surface area contributed by atoms with E-state index >= 15 is 0 Å². The zero-order valence-electron chi connectivity index (χ0n) is 15.6. The number of alkyl halides is 3. The van der Waals surface area contributed by atoms with E-state index < -0.39 is 23.6 Å². The number of H-pyrrole nitrogens is 1. The summed E-state index contributed by atoms with van der Waals surface area (Å²) in [6.07, 6.45) is -1.26. The number of rotatable bonds is 4. The fourth-order valence-corrected chi connectivity index (χ4v) is 3.46. The summed E-state index contributed by atoms with van der Waals surface area (Å²) in [5.74, 6) is -1.43. The third-order valence-electron chi connectivity index (χ3n) is 4.98. The van der Waals surface area contributed by atoms with Crippen LogP contribution < -0.4 is 10.2 Å². The molecule has 1 aromatic heterocycles. The Kier molecular flexibility index (Phi) is 5.03.